The van der Waals surface area contributed by atoms with Gasteiger partial charge in [-0.05, 0) is 22.9 Å². The monoisotopic (exact) mass is 215 g/mol. The number of hydrazine groups is 2. The predicted molar refractivity (Wildman–Crippen MR) is 68.9 cm³/mol. The molecule has 0 aliphatic heterocycles. The van der Waals surface area contributed by atoms with Gasteiger partial charge in [0.1, 0.15) is 0 Å². The Morgan fingerprint density at radius 1 is 0.938 bits per heavy atom. The number of fused-ring (bicyclic) bond motifs is 1. The molecule has 0 radical (unpaired) electrons. The van der Waals surface area contributed by atoms with Crippen molar-refractivity contribution >= 4 is 16.5 Å². The molecule has 0 fully saturated rings. The molecule has 0 unspecified atom stereocenters. The van der Waals surface area contributed by atoms with E-state index in [0.717, 1.165) is 11.1 Å². The Hall–Kier alpha value is -1.58. The third-order valence-electron chi connectivity index (χ3n) is 2.83. The van der Waals surface area contributed by atoms with Crippen molar-refractivity contribution in [2.24, 2.45) is 11.7 Å². The second-order valence-corrected chi connectivity index (χ2v) is 4.28. The van der Waals surface area contributed by atoms with Gasteiger partial charge in [-0.2, -0.15) is 0 Å². The number of benzene rings is 2. The topological polar surface area (TPSA) is 55.3 Å². The highest BCUT2D eigenvalue weighted by Crippen LogP contribution is 2.30. The van der Waals surface area contributed by atoms with Gasteiger partial charge < -0.3 is 0 Å². The summed E-state index contributed by atoms with van der Waals surface area (Å²) in [6, 6.07) is 12.3. The van der Waals surface area contributed by atoms with E-state index in [2.05, 4.69) is 26.0 Å². The van der Waals surface area contributed by atoms with E-state index in [4.69, 9.17) is 11.7 Å². The Kier molecular flexibility index (Phi) is 2.81. The molecule has 0 aliphatic carbocycles. The van der Waals surface area contributed by atoms with Crippen LogP contribution >= 0.6 is 0 Å². The summed E-state index contributed by atoms with van der Waals surface area (Å²) < 4.78 is 0. The van der Waals surface area contributed by atoms with Crippen LogP contribution in [-0.4, -0.2) is 0 Å². The standard InChI is InChI=1S/C13H17N3/c1-9(2)10-5-3-7-12-11(10)6-4-8-13(12)16(14)15/h3-9H,14-15H2,1-2H3. The van der Waals surface area contributed by atoms with Gasteiger partial charge in [0.05, 0.1) is 5.69 Å². The van der Waals surface area contributed by atoms with Crippen LogP contribution in [0.2, 0.25) is 0 Å². The quantitative estimate of drug-likeness (QED) is 0.598. The minimum Gasteiger partial charge on any atom is -0.246 e. The van der Waals surface area contributed by atoms with E-state index < -0.39 is 0 Å². The van der Waals surface area contributed by atoms with Crippen LogP contribution in [0.1, 0.15) is 25.3 Å². The van der Waals surface area contributed by atoms with Crippen molar-refractivity contribution in [3.05, 3.63) is 42.0 Å². The fourth-order valence-corrected chi connectivity index (χ4v) is 2.05. The van der Waals surface area contributed by atoms with Crippen LogP contribution < -0.4 is 16.8 Å². The zero-order valence-corrected chi connectivity index (χ0v) is 9.64. The number of hydrogen-bond donors (Lipinski definition) is 2. The summed E-state index contributed by atoms with van der Waals surface area (Å²) >= 11 is 0. The van der Waals surface area contributed by atoms with Crippen LogP contribution in [0, 0.1) is 0 Å². The molecule has 0 atom stereocenters. The van der Waals surface area contributed by atoms with E-state index in [1.54, 1.807) is 0 Å². The lowest BCUT2D eigenvalue weighted by atomic mass is 9.95. The SMILES string of the molecule is CC(C)c1cccc2c(N(N)N)cccc12. The zero-order valence-electron chi connectivity index (χ0n) is 9.64. The maximum Gasteiger partial charge on any atom is 0.0775 e. The van der Waals surface area contributed by atoms with E-state index in [9.17, 15) is 0 Å². The minimum atomic E-state index is 0.489. The molecule has 2 rings (SSSR count). The first kappa shape index (κ1) is 10.9. The first-order valence-electron chi connectivity index (χ1n) is 5.42. The number of anilines is 1. The van der Waals surface area contributed by atoms with E-state index >= 15 is 0 Å². The maximum atomic E-state index is 5.62. The Morgan fingerprint density at radius 3 is 2.19 bits per heavy atom. The minimum absolute atomic E-state index is 0.489. The molecule has 0 spiro atoms. The lowest BCUT2D eigenvalue weighted by Crippen LogP contribution is -2.37. The fraction of sp³-hybridized carbons (Fsp3) is 0.231. The Morgan fingerprint density at radius 2 is 1.56 bits per heavy atom. The molecule has 4 N–H and O–H groups in total. The van der Waals surface area contributed by atoms with E-state index in [1.165, 1.54) is 16.1 Å². The molecule has 0 aromatic heterocycles. The smallest absolute Gasteiger partial charge is 0.0775 e. The van der Waals surface area contributed by atoms with Crippen molar-refractivity contribution < 1.29 is 0 Å². The van der Waals surface area contributed by atoms with Crippen LogP contribution in [0.15, 0.2) is 36.4 Å². The molecule has 0 bridgehead atoms. The summed E-state index contributed by atoms with van der Waals surface area (Å²) in [5.41, 5.74) is 2.17. The number of rotatable bonds is 2. The van der Waals surface area contributed by atoms with Crippen LogP contribution in [-0.2, 0) is 0 Å². The van der Waals surface area contributed by atoms with Crippen molar-refractivity contribution in [1.82, 2.24) is 0 Å². The first-order valence-corrected chi connectivity index (χ1v) is 5.42. The van der Waals surface area contributed by atoms with Crippen molar-refractivity contribution in [2.45, 2.75) is 19.8 Å². The van der Waals surface area contributed by atoms with E-state index in [0.29, 0.717) is 5.92 Å². The number of nitrogens with zero attached hydrogens (tertiary/aromatic N) is 1. The largest absolute Gasteiger partial charge is 0.246 e. The number of hydrogen-bond acceptors (Lipinski definition) is 3. The molecular weight excluding hydrogens is 198 g/mol. The second-order valence-electron chi connectivity index (χ2n) is 4.28. The van der Waals surface area contributed by atoms with Crippen LogP contribution in [0.25, 0.3) is 10.8 Å². The summed E-state index contributed by atoms with van der Waals surface area (Å²) in [4.78, 5) is 0. The summed E-state index contributed by atoms with van der Waals surface area (Å²) in [7, 11) is 0. The second kappa shape index (κ2) is 4.12. The third-order valence-corrected chi connectivity index (χ3v) is 2.83. The van der Waals surface area contributed by atoms with Gasteiger partial charge in [0, 0.05) is 5.39 Å². The molecule has 2 aromatic carbocycles. The molecule has 2 aromatic rings. The molecule has 84 valence electrons. The Labute approximate surface area is 95.6 Å². The Balaban J connectivity index is 2.76. The van der Waals surface area contributed by atoms with Crippen LogP contribution in [0.5, 0.6) is 0 Å². The van der Waals surface area contributed by atoms with Crippen molar-refractivity contribution in [2.75, 3.05) is 5.12 Å². The molecule has 0 saturated carbocycles. The highest BCUT2D eigenvalue weighted by Gasteiger charge is 2.08. The maximum absolute atomic E-state index is 5.62. The molecular formula is C13H17N3. The van der Waals surface area contributed by atoms with Gasteiger partial charge in [0.2, 0.25) is 0 Å². The fourth-order valence-electron chi connectivity index (χ4n) is 2.05. The lowest BCUT2D eigenvalue weighted by Gasteiger charge is -2.16. The van der Waals surface area contributed by atoms with Crippen molar-refractivity contribution in [1.29, 1.82) is 0 Å². The van der Waals surface area contributed by atoms with Gasteiger partial charge >= 0.3 is 0 Å². The van der Waals surface area contributed by atoms with Gasteiger partial charge in [-0.25, -0.2) is 16.8 Å². The average molecular weight is 215 g/mol. The average Bonchev–Trinajstić information content (AvgIpc) is 2.27. The van der Waals surface area contributed by atoms with Crippen LogP contribution in [0.3, 0.4) is 0 Å². The summed E-state index contributed by atoms with van der Waals surface area (Å²) in [5, 5.41) is 3.49. The number of nitrogens with two attached hydrogens (primary N) is 2. The third kappa shape index (κ3) is 1.75. The van der Waals surface area contributed by atoms with Crippen molar-refractivity contribution in [3.63, 3.8) is 0 Å². The van der Waals surface area contributed by atoms with E-state index in [1.807, 2.05) is 24.3 Å². The van der Waals surface area contributed by atoms with E-state index in [-0.39, 0.29) is 0 Å². The molecule has 0 amide bonds. The molecule has 3 nitrogen and oxygen atoms in total. The Bertz CT molecular complexity index is 456. The zero-order chi connectivity index (χ0) is 11.7. The predicted octanol–water partition coefficient (Wildman–Crippen LogP) is 2.52. The first-order chi connectivity index (χ1) is 7.61. The lowest BCUT2D eigenvalue weighted by molar-refractivity contribution is 0.876. The van der Waals surface area contributed by atoms with Crippen molar-refractivity contribution in [3.8, 4) is 0 Å². The summed E-state index contributed by atoms with van der Waals surface area (Å²) in [6.07, 6.45) is 0. The molecule has 0 heterocycles. The molecule has 0 saturated heterocycles. The molecule has 16 heavy (non-hydrogen) atoms. The molecule has 0 aliphatic rings. The van der Waals surface area contributed by atoms with Gasteiger partial charge in [0.25, 0.3) is 0 Å². The van der Waals surface area contributed by atoms with Crippen LogP contribution in [0.4, 0.5) is 5.69 Å². The van der Waals surface area contributed by atoms with Gasteiger partial charge in [-0.3, -0.25) is 0 Å². The highest BCUT2D eigenvalue weighted by atomic mass is 15.6. The molecule has 3 heteroatoms. The van der Waals surface area contributed by atoms with Gasteiger partial charge in [-0.1, -0.05) is 44.2 Å². The summed E-state index contributed by atoms with van der Waals surface area (Å²) in [6.45, 7) is 4.37. The van der Waals surface area contributed by atoms with Gasteiger partial charge in [-0.15, -0.1) is 0 Å². The normalized spacial score (nSPS) is 11.1. The van der Waals surface area contributed by atoms with Gasteiger partial charge in [0.15, 0.2) is 0 Å². The highest BCUT2D eigenvalue weighted by molar-refractivity contribution is 5.96. The summed E-state index contributed by atoms with van der Waals surface area (Å²) in [5.74, 6) is 11.7.